The quantitative estimate of drug-likeness (QED) is 0.643. The molecule has 0 N–H and O–H groups in total. The Bertz CT molecular complexity index is 704. The largest absolute Gasteiger partial charge is 0.496 e. The van der Waals surface area contributed by atoms with E-state index in [0.717, 1.165) is 11.1 Å². The lowest BCUT2D eigenvalue weighted by Gasteiger charge is -2.27. The Morgan fingerprint density at radius 3 is 2.45 bits per heavy atom. The van der Waals surface area contributed by atoms with Crippen molar-refractivity contribution in [3.63, 3.8) is 0 Å². The summed E-state index contributed by atoms with van der Waals surface area (Å²) in [5, 5.41) is 0. The molecule has 4 nitrogen and oxygen atoms in total. The van der Waals surface area contributed by atoms with Crippen LogP contribution >= 0.6 is 0 Å². The summed E-state index contributed by atoms with van der Waals surface area (Å²) in [5.41, 5.74) is 3.16. The highest BCUT2D eigenvalue weighted by molar-refractivity contribution is 5.79. The summed E-state index contributed by atoms with van der Waals surface area (Å²) < 4.78 is 16.1. The van der Waals surface area contributed by atoms with Crippen molar-refractivity contribution in [2.75, 3.05) is 14.2 Å². The van der Waals surface area contributed by atoms with Gasteiger partial charge in [-0.25, -0.2) is 0 Å². The molecular formula is C18H18O4. The number of benzene rings is 2. The van der Waals surface area contributed by atoms with Crippen molar-refractivity contribution in [3.8, 4) is 17.2 Å². The second-order valence-electron chi connectivity index (χ2n) is 5.38. The van der Waals surface area contributed by atoms with Gasteiger partial charge in [0.05, 0.1) is 20.6 Å². The first-order valence-corrected chi connectivity index (χ1v) is 7.15. The van der Waals surface area contributed by atoms with E-state index in [0.29, 0.717) is 23.7 Å². The third kappa shape index (κ3) is 2.52. The number of carbonyl (C=O) groups excluding carboxylic acids is 1. The first-order chi connectivity index (χ1) is 10.6. The zero-order valence-corrected chi connectivity index (χ0v) is 12.9. The predicted molar refractivity (Wildman–Crippen MR) is 82.8 cm³/mol. The molecule has 0 saturated heterocycles. The molecule has 1 heterocycles. The lowest BCUT2D eigenvalue weighted by atomic mass is 9.85. The number of methoxy groups -OCH3 is 2. The average Bonchev–Trinajstić information content (AvgIpc) is 2.53. The third-order valence-electron chi connectivity index (χ3n) is 3.96. The summed E-state index contributed by atoms with van der Waals surface area (Å²) in [5.74, 6) is 1.48. The van der Waals surface area contributed by atoms with Gasteiger partial charge in [0.15, 0.2) is 0 Å². The molecule has 0 spiro atoms. The minimum Gasteiger partial charge on any atom is -0.496 e. The molecule has 0 bridgehead atoms. The molecule has 3 rings (SSSR count). The lowest BCUT2D eigenvalue weighted by molar-refractivity contribution is -0.135. The van der Waals surface area contributed by atoms with Gasteiger partial charge in [-0.1, -0.05) is 29.8 Å². The minimum atomic E-state index is -0.242. The molecule has 2 aromatic rings. The number of hydrogen-bond acceptors (Lipinski definition) is 4. The van der Waals surface area contributed by atoms with Crippen LogP contribution in [0.3, 0.4) is 0 Å². The van der Waals surface area contributed by atoms with Crippen LogP contribution in [0.25, 0.3) is 0 Å². The number of ether oxygens (including phenoxy) is 3. The predicted octanol–water partition coefficient (Wildman–Crippen LogP) is 3.45. The van der Waals surface area contributed by atoms with E-state index < -0.39 is 0 Å². The van der Waals surface area contributed by atoms with Gasteiger partial charge in [-0.2, -0.15) is 0 Å². The van der Waals surface area contributed by atoms with E-state index in [-0.39, 0.29) is 11.9 Å². The van der Waals surface area contributed by atoms with Crippen LogP contribution in [0.2, 0.25) is 0 Å². The molecule has 1 aliphatic rings. The van der Waals surface area contributed by atoms with Crippen LogP contribution < -0.4 is 14.2 Å². The van der Waals surface area contributed by atoms with Crippen LogP contribution in [0.4, 0.5) is 0 Å². The van der Waals surface area contributed by atoms with Crippen molar-refractivity contribution in [1.29, 1.82) is 0 Å². The second-order valence-corrected chi connectivity index (χ2v) is 5.38. The van der Waals surface area contributed by atoms with Crippen molar-refractivity contribution in [2.45, 2.75) is 19.3 Å². The summed E-state index contributed by atoms with van der Waals surface area (Å²) >= 11 is 0. The van der Waals surface area contributed by atoms with Crippen molar-refractivity contribution < 1.29 is 19.0 Å². The summed E-state index contributed by atoms with van der Waals surface area (Å²) in [4.78, 5) is 12.0. The van der Waals surface area contributed by atoms with Crippen LogP contribution in [-0.4, -0.2) is 20.2 Å². The lowest BCUT2D eigenvalue weighted by Crippen LogP contribution is -2.21. The van der Waals surface area contributed by atoms with Gasteiger partial charge >= 0.3 is 5.97 Å². The Morgan fingerprint density at radius 1 is 1.09 bits per heavy atom. The van der Waals surface area contributed by atoms with Crippen LogP contribution in [0.15, 0.2) is 36.4 Å². The van der Waals surface area contributed by atoms with E-state index in [1.807, 2.05) is 37.3 Å². The zero-order chi connectivity index (χ0) is 15.7. The molecule has 0 aliphatic carbocycles. The highest BCUT2D eigenvalue weighted by Crippen LogP contribution is 2.46. The highest BCUT2D eigenvalue weighted by Gasteiger charge is 2.32. The van der Waals surface area contributed by atoms with E-state index in [2.05, 4.69) is 0 Å². The number of rotatable bonds is 3. The van der Waals surface area contributed by atoms with E-state index in [4.69, 9.17) is 14.2 Å². The standard InChI is InChI=1S/C18H18O4/c1-11-4-6-12(7-5-11)14-10-17(19)22-16-9-13(20-2)8-15(21-3)18(14)16/h4-9,14H,10H2,1-3H3/t14-/m1/s1. The molecule has 0 radical (unpaired) electrons. The van der Waals surface area contributed by atoms with Crippen molar-refractivity contribution in [1.82, 2.24) is 0 Å². The summed E-state index contributed by atoms with van der Waals surface area (Å²) in [6, 6.07) is 11.7. The van der Waals surface area contributed by atoms with Crippen molar-refractivity contribution in [3.05, 3.63) is 53.1 Å². The Kier molecular flexibility index (Phi) is 3.75. The Balaban J connectivity index is 2.15. The molecule has 4 heteroatoms. The highest BCUT2D eigenvalue weighted by atomic mass is 16.5. The van der Waals surface area contributed by atoms with Gasteiger partial charge < -0.3 is 14.2 Å². The van der Waals surface area contributed by atoms with Gasteiger partial charge in [-0.15, -0.1) is 0 Å². The molecule has 0 aromatic heterocycles. The maximum atomic E-state index is 12.0. The van der Waals surface area contributed by atoms with E-state index in [1.165, 1.54) is 5.56 Å². The fraction of sp³-hybridized carbons (Fsp3) is 0.278. The van der Waals surface area contributed by atoms with Crippen molar-refractivity contribution in [2.24, 2.45) is 0 Å². The van der Waals surface area contributed by atoms with Crippen LogP contribution in [0.1, 0.15) is 29.0 Å². The third-order valence-corrected chi connectivity index (χ3v) is 3.96. The van der Waals surface area contributed by atoms with Crippen LogP contribution in [0.5, 0.6) is 17.2 Å². The van der Waals surface area contributed by atoms with Gasteiger partial charge in [-0.05, 0) is 12.5 Å². The number of hydrogen-bond donors (Lipinski definition) is 0. The fourth-order valence-corrected chi connectivity index (χ4v) is 2.81. The molecule has 0 unspecified atom stereocenters. The maximum Gasteiger partial charge on any atom is 0.312 e. The topological polar surface area (TPSA) is 44.8 Å². The number of esters is 1. The molecular weight excluding hydrogens is 280 g/mol. The Labute approximate surface area is 129 Å². The van der Waals surface area contributed by atoms with Crippen molar-refractivity contribution >= 4 is 5.97 Å². The van der Waals surface area contributed by atoms with Crippen LogP contribution in [-0.2, 0) is 4.79 Å². The average molecular weight is 298 g/mol. The van der Waals surface area contributed by atoms with Crippen LogP contribution in [0, 0.1) is 6.92 Å². The summed E-state index contributed by atoms with van der Waals surface area (Å²) in [6.45, 7) is 2.04. The first-order valence-electron chi connectivity index (χ1n) is 7.15. The van der Waals surface area contributed by atoms with E-state index in [1.54, 1.807) is 20.3 Å². The summed E-state index contributed by atoms with van der Waals surface area (Å²) in [7, 11) is 3.18. The Morgan fingerprint density at radius 2 is 1.82 bits per heavy atom. The normalized spacial score (nSPS) is 16.7. The minimum absolute atomic E-state index is 0.0716. The molecule has 1 atom stereocenters. The first kappa shape index (κ1) is 14.4. The molecule has 1 aliphatic heterocycles. The van der Waals surface area contributed by atoms with Gasteiger partial charge in [0.2, 0.25) is 0 Å². The fourth-order valence-electron chi connectivity index (χ4n) is 2.81. The Hall–Kier alpha value is -2.49. The molecule has 0 fully saturated rings. The smallest absolute Gasteiger partial charge is 0.312 e. The molecule has 2 aromatic carbocycles. The molecule has 114 valence electrons. The molecule has 0 amide bonds. The number of carbonyl (C=O) groups is 1. The summed E-state index contributed by atoms with van der Waals surface area (Å²) in [6.07, 6.45) is 0.304. The SMILES string of the molecule is COc1cc(OC)c2c(c1)OC(=O)C[C@@H]2c1ccc(C)cc1. The maximum absolute atomic E-state index is 12.0. The number of aryl methyl sites for hydroxylation is 1. The zero-order valence-electron chi connectivity index (χ0n) is 12.9. The molecule has 22 heavy (non-hydrogen) atoms. The van der Waals surface area contributed by atoms with Gasteiger partial charge in [0, 0.05) is 23.6 Å². The molecule has 0 saturated carbocycles. The van der Waals surface area contributed by atoms with E-state index >= 15 is 0 Å². The van der Waals surface area contributed by atoms with Gasteiger partial charge in [0.25, 0.3) is 0 Å². The van der Waals surface area contributed by atoms with Gasteiger partial charge in [0.1, 0.15) is 17.2 Å². The van der Waals surface area contributed by atoms with E-state index in [9.17, 15) is 4.79 Å². The van der Waals surface area contributed by atoms with Gasteiger partial charge in [-0.3, -0.25) is 4.79 Å². The monoisotopic (exact) mass is 298 g/mol. The number of fused-ring (bicyclic) bond motifs is 1. The second kappa shape index (κ2) is 5.72.